The van der Waals surface area contributed by atoms with E-state index in [4.69, 9.17) is 5.73 Å². The third-order valence-electron chi connectivity index (χ3n) is 5.42. The van der Waals surface area contributed by atoms with Crippen LogP contribution in [-0.4, -0.2) is 28.8 Å². The fourth-order valence-corrected chi connectivity index (χ4v) is 4.01. The van der Waals surface area contributed by atoms with Crippen molar-refractivity contribution in [2.75, 3.05) is 0 Å². The lowest BCUT2D eigenvalue weighted by atomic mass is 9.78. The van der Waals surface area contributed by atoms with Gasteiger partial charge in [0.15, 0.2) is 0 Å². The molecule has 0 aliphatic carbocycles. The number of benzene rings is 1. The number of hydrogen-bond acceptors (Lipinski definition) is 3. The van der Waals surface area contributed by atoms with Crippen molar-refractivity contribution in [3.05, 3.63) is 36.0 Å². The normalized spacial score (nSPS) is 14.3. The largest absolute Gasteiger partial charge is 0.370 e. The molecule has 1 unspecified atom stereocenters. The molecule has 5 nitrogen and oxygen atoms in total. The summed E-state index contributed by atoms with van der Waals surface area (Å²) < 4.78 is 0. The lowest BCUT2D eigenvalue weighted by Gasteiger charge is -2.27. The molecule has 0 saturated carbocycles. The van der Waals surface area contributed by atoms with Crippen LogP contribution >= 0.6 is 0 Å². The van der Waals surface area contributed by atoms with Crippen molar-refractivity contribution in [1.29, 1.82) is 0 Å². The Kier molecular flexibility index (Phi) is 8.03. The van der Waals surface area contributed by atoms with Crippen molar-refractivity contribution >= 4 is 22.6 Å². The van der Waals surface area contributed by atoms with E-state index < -0.39 is 0 Å². The number of nitrogens with one attached hydrogen (secondary N) is 2. The number of H-pyrrole nitrogens is 1. The maximum Gasteiger partial charge on any atom is 0.217 e. The van der Waals surface area contributed by atoms with Crippen LogP contribution in [0.2, 0.25) is 0 Å². The summed E-state index contributed by atoms with van der Waals surface area (Å²) in [6, 6.07) is 8.72. The van der Waals surface area contributed by atoms with Gasteiger partial charge in [-0.2, -0.15) is 0 Å². The molecule has 5 heteroatoms. The monoisotopic (exact) mass is 399 g/mol. The summed E-state index contributed by atoms with van der Waals surface area (Å²) in [5.74, 6) is -0.0399. The van der Waals surface area contributed by atoms with Crippen molar-refractivity contribution in [2.24, 2.45) is 17.1 Å². The highest BCUT2D eigenvalue weighted by Gasteiger charge is 2.30. The van der Waals surface area contributed by atoms with Gasteiger partial charge in [0.25, 0.3) is 0 Å². The molecule has 1 heterocycles. The molecule has 4 N–H and O–H groups in total. The highest BCUT2D eigenvalue weighted by atomic mass is 16.1. The Labute approximate surface area is 174 Å². The SMILES string of the molecule is CC(C)N[C@@H](CCC(N)=O)CCC(Cc1c[nH]c2ccccc12)C(=O)C(C)(C)C. The van der Waals surface area contributed by atoms with Gasteiger partial charge in [0.2, 0.25) is 5.91 Å². The number of hydrogen-bond donors (Lipinski definition) is 3. The van der Waals surface area contributed by atoms with Crippen LogP contribution in [0.1, 0.15) is 65.9 Å². The summed E-state index contributed by atoms with van der Waals surface area (Å²) in [7, 11) is 0. The Morgan fingerprint density at radius 2 is 1.79 bits per heavy atom. The number of aromatic nitrogens is 1. The highest BCUT2D eigenvalue weighted by Crippen LogP contribution is 2.29. The number of carbonyl (C=O) groups excluding carboxylic acids is 2. The quantitative estimate of drug-likeness (QED) is 0.525. The predicted molar refractivity (Wildman–Crippen MR) is 120 cm³/mol. The minimum absolute atomic E-state index is 0.0563. The minimum Gasteiger partial charge on any atom is -0.370 e. The molecular weight excluding hydrogens is 362 g/mol. The number of carbonyl (C=O) groups is 2. The molecule has 29 heavy (non-hydrogen) atoms. The summed E-state index contributed by atoms with van der Waals surface area (Å²) in [5.41, 5.74) is 7.26. The molecule has 0 fully saturated rings. The molecule has 0 bridgehead atoms. The van der Waals surface area contributed by atoms with Gasteiger partial charge in [-0.25, -0.2) is 0 Å². The van der Waals surface area contributed by atoms with Crippen LogP contribution in [0, 0.1) is 11.3 Å². The van der Waals surface area contributed by atoms with E-state index >= 15 is 0 Å². The second-order valence-corrected chi connectivity index (χ2v) is 9.48. The Balaban J connectivity index is 2.16. The third-order valence-corrected chi connectivity index (χ3v) is 5.42. The first-order valence-electron chi connectivity index (χ1n) is 10.7. The van der Waals surface area contributed by atoms with E-state index in [9.17, 15) is 9.59 Å². The lowest BCUT2D eigenvalue weighted by molar-refractivity contribution is -0.130. The van der Waals surface area contributed by atoms with E-state index in [1.165, 1.54) is 10.9 Å². The van der Waals surface area contributed by atoms with E-state index in [2.05, 4.69) is 36.3 Å². The number of para-hydroxylation sites is 1. The van der Waals surface area contributed by atoms with Gasteiger partial charge in [0, 0.05) is 46.9 Å². The van der Waals surface area contributed by atoms with Crippen molar-refractivity contribution < 1.29 is 9.59 Å². The number of amides is 1. The van der Waals surface area contributed by atoms with E-state index in [0.29, 0.717) is 24.7 Å². The van der Waals surface area contributed by atoms with E-state index in [1.807, 2.05) is 39.1 Å². The highest BCUT2D eigenvalue weighted by molar-refractivity contribution is 5.88. The molecular formula is C24H37N3O2. The van der Waals surface area contributed by atoms with Gasteiger partial charge in [-0.1, -0.05) is 52.8 Å². The number of primary amides is 1. The Hall–Kier alpha value is -2.14. The second-order valence-electron chi connectivity index (χ2n) is 9.48. The number of aromatic amines is 1. The average molecular weight is 400 g/mol. The Bertz CT molecular complexity index is 817. The lowest BCUT2D eigenvalue weighted by Crippen LogP contribution is -2.37. The van der Waals surface area contributed by atoms with Crippen LogP contribution in [0.15, 0.2) is 30.5 Å². The molecule has 0 saturated heterocycles. The number of Topliss-reactive ketones (excluding diaryl/α,β-unsaturated/α-hetero) is 1. The Morgan fingerprint density at radius 3 is 2.41 bits per heavy atom. The molecule has 2 atom stereocenters. The smallest absolute Gasteiger partial charge is 0.217 e. The van der Waals surface area contributed by atoms with Crippen LogP contribution in [-0.2, 0) is 16.0 Å². The fraction of sp³-hybridized carbons (Fsp3) is 0.583. The van der Waals surface area contributed by atoms with Crippen LogP contribution in [0.25, 0.3) is 10.9 Å². The van der Waals surface area contributed by atoms with Crippen LogP contribution in [0.4, 0.5) is 0 Å². The van der Waals surface area contributed by atoms with Crippen LogP contribution < -0.4 is 11.1 Å². The van der Waals surface area contributed by atoms with Crippen LogP contribution in [0.3, 0.4) is 0 Å². The fourth-order valence-electron chi connectivity index (χ4n) is 4.01. The van der Waals surface area contributed by atoms with Crippen molar-refractivity contribution in [1.82, 2.24) is 10.3 Å². The second kappa shape index (κ2) is 10.1. The topological polar surface area (TPSA) is 88.0 Å². The number of rotatable bonds is 11. The number of ketones is 1. The molecule has 1 amide bonds. The zero-order valence-corrected chi connectivity index (χ0v) is 18.5. The van der Waals surface area contributed by atoms with Gasteiger partial charge in [0.1, 0.15) is 5.78 Å². The number of fused-ring (bicyclic) bond motifs is 1. The van der Waals surface area contributed by atoms with E-state index in [1.54, 1.807) is 0 Å². The molecule has 160 valence electrons. The number of nitrogens with two attached hydrogens (primary N) is 1. The zero-order valence-electron chi connectivity index (χ0n) is 18.5. The maximum atomic E-state index is 13.2. The summed E-state index contributed by atoms with van der Waals surface area (Å²) in [4.78, 5) is 27.8. The standard InChI is InChI=1S/C24H37N3O2/c1-16(2)27-19(12-13-22(25)28)11-10-17(23(29)24(3,4)5)14-18-15-26-21-9-7-6-8-20(18)21/h6-9,15-17,19,26-27H,10-14H2,1-5H3,(H2,25,28)/t17?,19-/m1/s1. The molecule has 1 aromatic heterocycles. The van der Waals surface area contributed by atoms with Gasteiger partial charge in [-0.05, 0) is 37.3 Å². The van der Waals surface area contributed by atoms with Crippen LogP contribution in [0.5, 0.6) is 0 Å². The summed E-state index contributed by atoms with van der Waals surface area (Å²) in [6.45, 7) is 10.2. The molecule has 1 aromatic carbocycles. The van der Waals surface area contributed by atoms with Gasteiger partial charge >= 0.3 is 0 Å². The summed E-state index contributed by atoms with van der Waals surface area (Å²) in [6.07, 6.45) is 5.47. The Morgan fingerprint density at radius 1 is 1.10 bits per heavy atom. The van der Waals surface area contributed by atoms with Gasteiger partial charge < -0.3 is 16.0 Å². The molecule has 0 aliphatic heterocycles. The van der Waals surface area contributed by atoms with Crippen molar-refractivity contribution in [2.45, 2.75) is 78.8 Å². The zero-order chi connectivity index (χ0) is 21.6. The third kappa shape index (κ3) is 7.00. The first kappa shape index (κ1) is 23.1. The van der Waals surface area contributed by atoms with Gasteiger partial charge in [-0.15, -0.1) is 0 Å². The molecule has 2 aromatic rings. The van der Waals surface area contributed by atoms with Gasteiger partial charge in [0.05, 0.1) is 0 Å². The maximum absolute atomic E-state index is 13.2. The first-order chi connectivity index (χ1) is 13.6. The molecule has 0 spiro atoms. The van der Waals surface area contributed by atoms with Crippen molar-refractivity contribution in [3.63, 3.8) is 0 Å². The molecule has 0 aliphatic rings. The van der Waals surface area contributed by atoms with E-state index in [-0.39, 0.29) is 23.3 Å². The summed E-state index contributed by atoms with van der Waals surface area (Å²) in [5, 5.41) is 4.72. The molecule has 2 rings (SSSR count). The first-order valence-corrected chi connectivity index (χ1v) is 10.7. The van der Waals surface area contributed by atoms with Gasteiger partial charge in [-0.3, -0.25) is 9.59 Å². The molecule has 0 radical (unpaired) electrons. The van der Waals surface area contributed by atoms with Crippen molar-refractivity contribution in [3.8, 4) is 0 Å². The average Bonchev–Trinajstić information content (AvgIpc) is 3.04. The van der Waals surface area contributed by atoms with E-state index in [0.717, 1.165) is 24.8 Å². The summed E-state index contributed by atoms with van der Waals surface area (Å²) >= 11 is 0. The predicted octanol–water partition coefficient (Wildman–Crippen LogP) is 4.35. The minimum atomic E-state index is -0.384.